The quantitative estimate of drug-likeness (QED) is 0.790. The molecule has 0 heterocycles. The second-order valence-electron chi connectivity index (χ2n) is 4.72. The number of nitrogens with one attached hydrogen (secondary N) is 1. The monoisotopic (exact) mass is 382 g/mol. The molecule has 0 aliphatic heterocycles. The molecule has 2 rings (SSSR count). The van der Waals surface area contributed by atoms with E-state index in [-0.39, 0.29) is 5.82 Å². The van der Waals surface area contributed by atoms with E-state index in [4.69, 9.17) is 17.0 Å². The normalized spacial score (nSPS) is 10.2. The first-order valence-electron chi connectivity index (χ1n) is 6.60. The van der Waals surface area contributed by atoms with Crippen molar-refractivity contribution in [1.29, 1.82) is 0 Å². The molecule has 2 aromatic rings. The summed E-state index contributed by atoms with van der Waals surface area (Å²) >= 11 is 8.77. The van der Waals surface area contributed by atoms with Gasteiger partial charge in [0.25, 0.3) is 0 Å². The van der Waals surface area contributed by atoms with Crippen molar-refractivity contribution in [2.45, 2.75) is 6.54 Å². The lowest BCUT2D eigenvalue weighted by atomic mass is 10.2. The third-order valence-corrected chi connectivity index (χ3v) is 4.02. The number of benzene rings is 2. The van der Waals surface area contributed by atoms with Gasteiger partial charge in [-0.05, 0) is 42.5 Å². The second-order valence-corrected chi connectivity index (χ2v) is 6.02. The van der Waals surface area contributed by atoms with Gasteiger partial charge in [-0.15, -0.1) is 0 Å². The van der Waals surface area contributed by atoms with Crippen LogP contribution in [0.1, 0.15) is 5.56 Å². The molecule has 0 spiro atoms. The zero-order chi connectivity index (χ0) is 16.1. The number of rotatable bonds is 4. The molecule has 0 bridgehead atoms. The number of ether oxygens (including phenoxy) is 1. The molecule has 0 aliphatic carbocycles. The number of anilines is 1. The molecule has 22 heavy (non-hydrogen) atoms. The van der Waals surface area contributed by atoms with Crippen molar-refractivity contribution in [3.8, 4) is 5.75 Å². The minimum Gasteiger partial charge on any atom is -0.496 e. The lowest BCUT2D eigenvalue weighted by Crippen LogP contribution is -2.31. The van der Waals surface area contributed by atoms with Gasteiger partial charge in [-0.25, -0.2) is 4.39 Å². The summed E-state index contributed by atoms with van der Waals surface area (Å²) < 4.78 is 20.0. The van der Waals surface area contributed by atoms with Crippen LogP contribution in [0.15, 0.2) is 46.9 Å². The van der Waals surface area contributed by atoms with Crippen LogP contribution < -0.4 is 10.1 Å². The first-order chi connectivity index (χ1) is 10.5. The molecule has 0 aliphatic rings. The van der Waals surface area contributed by atoms with Gasteiger partial charge in [-0.1, -0.05) is 28.1 Å². The first kappa shape index (κ1) is 16.7. The van der Waals surface area contributed by atoms with E-state index in [9.17, 15) is 4.39 Å². The van der Waals surface area contributed by atoms with Gasteiger partial charge < -0.3 is 15.0 Å². The van der Waals surface area contributed by atoms with Crippen molar-refractivity contribution < 1.29 is 9.13 Å². The maximum Gasteiger partial charge on any atom is 0.173 e. The Morgan fingerprint density at radius 3 is 2.73 bits per heavy atom. The Labute approximate surface area is 143 Å². The fraction of sp³-hybridized carbons (Fsp3) is 0.188. The maximum atomic E-state index is 13.6. The molecular weight excluding hydrogens is 367 g/mol. The van der Waals surface area contributed by atoms with Crippen LogP contribution in [-0.2, 0) is 6.54 Å². The smallest absolute Gasteiger partial charge is 0.173 e. The molecule has 6 heteroatoms. The number of hydrogen-bond donors (Lipinski definition) is 1. The fourth-order valence-electron chi connectivity index (χ4n) is 1.97. The number of halogens is 2. The summed E-state index contributed by atoms with van der Waals surface area (Å²) in [7, 11) is 3.47. The van der Waals surface area contributed by atoms with E-state index in [0.717, 1.165) is 15.8 Å². The van der Waals surface area contributed by atoms with Crippen molar-refractivity contribution in [3.63, 3.8) is 0 Å². The molecule has 3 nitrogen and oxygen atoms in total. The van der Waals surface area contributed by atoms with Gasteiger partial charge in [-0.3, -0.25) is 0 Å². The third-order valence-electron chi connectivity index (χ3n) is 3.11. The van der Waals surface area contributed by atoms with E-state index >= 15 is 0 Å². The number of hydrogen-bond acceptors (Lipinski definition) is 2. The number of methoxy groups -OCH3 is 1. The SMILES string of the molecule is COc1ccc(Br)cc1CN(C)C(=S)Nc1ccccc1F. The van der Waals surface area contributed by atoms with E-state index in [1.807, 2.05) is 30.1 Å². The van der Waals surface area contributed by atoms with Gasteiger partial charge in [0, 0.05) is 23.6 Å². The van der Waals surface area contributed by atoms with Gasteiger partial charge in [0.05, 0.1) is 12.8 Å². The third kappa shape index (κ3) is 4.18. The van der Waals surface area contributed by atoms with Gasteiger partial charge in [0.15, 0.2) is 5.11 Å². The standard InChI is InChI=1S/C16H16BrFN2OS/c1-20(10-11-9-12(17)7-8-15(11)21-2)16(22)19-14-6-4-3-5-13(14)18/h3-9H,10H2,1-2H3,(H,19,22). The predicted molar refractivity (Wildman–Crippen MR) is 94.8 cm³/mol. The van der Waals surface area contributed by atoms with Gasteiger partial charge in [0.1, 0.15) is 11.6 Å². The second kappa shape index (κ2) is 7.56. The van der Waals surface area contributed by atoms with Crippen LogP contribution in [0.5, 0.6) is 5.75 Å². The van der Waals surface area contributed by atoms with Crippen molar-refractivity contribution >= 4 is 38.9 Å². The van der Waals surface area contributed by atoms with Crippen molar-refractivity contribution in [2.24, 2.45) is 0 Å². The number of para-hydroxylation sites is 1. The van der Waals surface area contributed by atoms with E-state index in [1.54, 1.807) is 25.3 Å². The largest absolute Gasteiger partial charge is 0.496 e. The summed E-state index contributed by atoms with van der Waals surface area (Å²) in [4.78, 5) is 1.83. The Morgan fingerprint density at radius 1 is 1.32 bits per heavy atom. The van der Waals surface area contributed by atoms with Crippen LogP contribution in [0.3, 0.4) is 0 Å². The highest BCUT2D eigenvalue weighted by Gasteiger charge is 2.11. The zero-order valence-electron chi connectivity index (χ0n) is 12.3. The molecule has 2 aromatic carbocycles. The van der Waals surface area contributed by atoms with Gasteiger partial charge >= 0.3 is 0 Å². The molecule has 0 aromatic heterocycles. The summed E-state index contributed by atoms with van der Waals surface area (Å²) in [6.07, 6.45) is 0. The molecular formula is C16H16BrFN2OS. The summed E-state index contributed by atoms with van der Waals surface area (Å²) in [5.41, 5.74) is 1.35. The van der Waals surface area contributed by atoms with Crippen LogP contribution >= 0.6 is 28.1 Å². The Balaban J connectivity index is 2.09. The van der Waals surface area contributed by atoms with Crippen molar-refractivity contribution in [1.82, 2.24) is 4.90 Å². The number of nitrogens with zero attached hydrogens (tertiary/aromatic N) is 1. The molecule has 116 valence electrons. The first-order valence-corrected chi connectivity index (χ1v) is 7.80. The van der Waals surface area contributed by atoms with Crippen LogP contribution in [-0.4, -0.2) is 24.2 Å². The minimum absolute atomic E-state index is 0.335. The molecule has 0 saturated carbocycles. The fourth-order valence-corrected chi connectivity index (χ4v) is 2.55. The summed E-state index contributed by atoms with van der Waals surface area (Å²) in [5.74, 6) is 0.446. The molecule has 0 radical (unpaired) electrons. The Kier molecular flexibility index (Phi) is 5.74. The topological polar surface area (TPSA) is 24.5 Å². The van der Waals surface area contributed by atoms with Gasteiger partial charge in [-0.2, -0.15) is 0 Å². The molecule has 0 saturated heterocycles. The van der Waals surface area contributed by atoms with Crippen molar-refractivity contribution in [3.05, 3.63) is 58.3 Å². The minimum atomic E-state index is -0.335. The molecule has 0 fully saturated rings. The molecule has 0 atom stereocenters. The average Bonchev–Trinajstić information content (AvgIpc) is 2.49. The van der Waals surface area contributed by atoms with Crippen LogP contribution in [0.2, 0.25) is 0 Å². The number of thiocarbonyl (C=S) groups is 1. The van der Waals surface area contributed by atoms with Crippen LogP contribution in [0.4, 0.5) is 10.1 Å². The van der Waals surface area contributed by atoms with Crippen LogP contribution in [0, 0.1) is 5.82 Å². The average molecular weight is 383 g/mol. The maximum absolute atomic E-state index is 13.6. The highest BCUT2D eigenvalue weighted by atomic mass is 79.9. The lowest BCUT2D eigenvalue weighted by molar-refractivity contribution is 0.399. The molecule has 0 unspecified atom stereocenters. The molecule has 0 amide bonds. The molecule has 1 N–H and O–H groups in total. The van der Waals surface area contributed by atoms with Gasteiger partial charge in [0.2, 0.25) is 0 Å². The van der Waals surface area contributed by atoms with E-state index < -0.39 is 0 Å². The Morgan fingerprint density at radius 2 is 2.05 bits per heavy atom. The summed E-state index contributed by atoms with van der Waals surface area (Å²) in [6, 6.07) is 12.2. The Hall–Kier alpha value is -1.66. The zero-order valence-corrected chi connectivity index (χ0v) is 14.7. The Bertz CT molecular complexity index is 681. The highest BCUT2D eigenvalue weighted by molar-refractivity contribution is 9.10. The van der Waals surface area contributed by atoms with Crippen molar-refractivity contribution in [2.75, 3.05) is 19.5 Å². The van der Waals surface area contributed by atoms with E-state index in [1.165, 1.54) is 6.07 Å². The van der Waals surface area contributed by atoms with E-state index in [0.29, 0.717) is 17.3 Å². The van der Waals surface area contributed by atoms with Crippen LogP contribution in [0.25, 0.3) is 0 Å². The van der Waals surface area contributed by atoms with E-state index in [2.05, 4.69) is 21.2 Å². The predicted octanol–water partition coefficient (Wildman–Crippen LogP) is 4.43. The lowest BCUT2D eigenvalue weighted by Gasteiger charge is -2.22. The highest BCUT2D eigenvalue weighted by Crippen LogP contribution is 2.24. The summed E-state index contributed by atoms with van der Waals surface area (Å²) in [5, 5.41) is 3.35. The summed E-state index contributed by atoms with van der Waals surface area (Å²) in [6.45, 7) is 0.545.